The fourth-order valence-electron chi connectivity index (χ4n) is 2.53. The molecule has 0 radical (unpaired) electrons. The molecule has 0 spiro atoms. The maximum Gasteiger partial charge on any atom is 0.318 e. The summed E-state index contributed by atoms with van der Waals surface area (Å²) in [6.45, 7) is 2.55. The maximum atomic E-state index is 14.5. The number of aliphatic imine (C=N–C) groups is 1. The number of nitrogens with zero attached hydrogens (tertiary/aromatic N) is 4. The Hall–Kier alpha value is -3.04. The quantitative estimate of drug-likeness (QED) is 0.235. The van der Waals surface area contributed by atoms with Crippen molar-refractivity contribution in [1.29, 1.82) is 0 Å². The molecule has 0 atom stereocenters. The molecule has 1 aromatic heterocycles. The highest BCUT2D eigenvalue weighted by molar-refractivity contribution is 8.14. The third-order valence-corrected chi connectivity index (χ3v) is 5.29. The van der Waals surface area contributed by atoms with E-state index in [9.17, 15) is 8.78 Å². The van der Waals surface area contributed by atoms with E-state index in [1.807, 2.05) is 37.3 Å². The van der Waals surface area contributed by atoms with Crippen LogP contribution in [-0.4, -0.2) is 20.9 Å². The first-order valence-corrected chi connectivity index (χ1v) is 10.7. The van der Waals surface area contributed by atoms with Crippen molar-refractivity contribution >= 4 is 22.7 Å². The summed E-state index contributed by atoms with van der Waals surface area (Å²) in [6.07, 6.45) is 1.91. The second-order valence-corrected chi connectivity index (χ2v) is 7.60. The highest BCUT2D eigenvalue weighted by atomic mass is 32.2. The molecule has 162 valence electrons. The van der Waals surface area contributed by atoms with Crippen molar-refractivity contribution in [1.82, 2.24) is 9.97 Å². The summed E-state index contributed by atoms with van der Waals surface area (Å²) < 4.78 is 33.0. The number of halogens is 2. The number of aromatic nitrogens is 2. The minimum Gasteiger partial charge on any atom is -0.459 e. The smallest absolute Gasteiger partial charge is 0.318 e. The van der Waals surface area contributed by atoms with E-state index in [0.29, 0.717) is 11.7 Å². The Morgan fingerprint density at radius 3 is 2.55 bits per heavy atom. The maximum absolute atomic E-state index is 14.5. The number of thioether (sulfide) groups is 1. The molecule has 3 rings (SSSR count). The Kier molecular flexibility index (Phi) is 8.31. The van der Waals surface area contributed by atoms with Crippen molar-refractivity contribution < 1.29 is 13.5 Å². The van der Waals surface area contributed by atoms with E-state index >= 15 is 0 Å². The number of hydrazine groups is 1. The van der Waals surface area contributed by atoms with Gasteiger partial charge in [0.05, 0.1) is 12.7 Å². The molecule has 0 bridgehead atoms. The molecule has 2 N–H and O–H groups in total. The number of benzene rings is 2. The molecule has 0 aliphatic rings. The van der Waals surface area contributed by atoms with Crippen molar-refractivity contribution in [2.24, 2.45) is 10.8 Å². The highest BCUT2D eigenvalue weighted by Crippen LogP contribution is 2.21. The van der Waals surface area contributed by atoms with Crippen LogP contribution in [0.4, 0.5) is 14.6 Å². The van der Waals surface area contributed by atoms with Crippen molar-refractivity contribution in [3.8, 4) is 6.01 Å². The predicted molar refractivity (Wildman–Crippen MR) is 120 cm³/mol. The Balaban J connectivity index is 1.76. The average Bonchev–Trinajstić information content (AvgIpc) is 2.80. The molecule has 6 nitrogen and oxygen atoms in total. The van der Waals surface area contributed by atoms with E-state index in [-0.39, 0.29) is 24.3 Å². The lowest BCUT2D eigenvalue weighted by Gasteiger charge is -2.20. The second-order valence-electron chi connectivity index (χ2n) is 6.54. The fraction of sp³-hybridized carbons (Fsp3) is 0.227. The SMILES string of the molecule is CCCSC(=NCc1ccccc1)N(N)c1nc(OCc2ccc(F)cc2)ncc1F. The van der Waals surface area contributed by atoms with E-state index < -0.39 is 5.82 Å². The minimum absolute atomic E-state index is 0.0425. The van der Waals surface area contributed by atoms with Gasteiger partial charge in [-0.25, -0.2) is 24.6 Å². The van der Waals surface area contributed by atoms with Crippen LogP contribution in [0.3, 0.4) is 0 Å². The van der Waals surface area contributed by atoms with Gasteiger partial charge >= 0.3 is 6.01 Å². The summed E-state index contributed by atoms with van der Waals surface area (Å²) in [4.78, 5) is 12.5. The number of hydrogen-bond donors (Lipinski definition) is 1. The molecular formula is C22H23F2N5OS. The van der Waals surface area contributed by atoms with Crippen LogP contribution in [-0.2, 0) is 13.2 Å². The third kappa shape index (κ3) is 6.73. The van der Waals surface area contributed by atoms with Gasteiger partial charge in [0.15, 0.2) is 16.8 Å². The van der Waals surface area contributed by atoms with Crippen LogP contribution in [0.5, 0.6) is 6.01 Å². The van der Waals surface area contributed by atoms with Gasteiger partial charge in [-0.15, -0.1) is 0 Å². The van der Waals surface area contributed by atoms with Crippen LogP contribution < -0.4 is 15.6 Å². The lowest BCUT2D eigenvalue weighted by molar-refractivity contribution is 0.279. The number of amidine groups is 1. The molecule has 0 unspecified atom stereocenters. The van der Waals surface area contributed by atoms with Gasteiger partial charge in [-0.1, -0.05) is 61.2 Å². The molecule has 0 amide bonds. The zero-order chi connectivity index (χ0) is 22.1. The van der Waals surface area contributed by atoms with E-state index in [1.54, 1.807) is 12.1 Å². The van der Waals surface area contributed by atoms with Crippen LogP contribution in [0.2, 0.25) is 0 Å². The molecule has 9 heteroatoms. The van der Waals surface area contributed by atoms with Crippen LogP contribution >= 0.6 is 11.8 Å². The van der Waals surface area contributed by atoms with E-state index in [2.05, 4.69) is 15.0 Å². The summed E-state index contributed by atoms with van der Waals surface area (Å²) in [5.74, 6) is 5.79. The van der Waals surface area contributed by atoms with Crippen LogP contribution in [0.25, 0.3) is 0 Å². The van der Waals surface area contributed by atoms with E-state index in [0.717, 1.165) is 34.5 Å². The van der Waals surface area contributed by atoms with Crippen molar-refractivity contribution in [2.75, 3.05) is 10.8 Å². The fourth-order valence-corrected chi connectivity index (χ4v) is 3.30. The molecule has 2 aromatic carbocycles. The second kappa shape index (κ2) is 11.4. The normalized spacial score (nSPS) is 11.4. The van der Waals surface area contributed by atoms with Gasteiger partial charge in [-0.2, -0.15) is 4.98 Å². The number of hydrogen-bond acceptors (Lipinski definition) is 6. The largest absolute Gasteiger partial charge is 0.459 e. The van der Waals surface area contributed by atoms with Gasteiger partial charge in [0.25, 0.3) is 0 Å². The molecule has 0 aliphatic heterocycles. The number of nitrogens with two attached hydrogens (primary N) is 1. The van der Waals surface area contributed by atoms with Gasteiger partial charge in [0.2, 0.25) is 0 Å². The van der Waals surface area contributed by atoms with Crippen molar-refractivity contribution in [3.05, 3.63) is 83.6 Å². The van der Waals surface area contributed by atoms with Crippen LogP contribution in [0, 0.1) is 11.6 Å². The van der Waals surface area contributed by atoms with E-state index in [1.165, 1.54) is 23.9 Å². The monoisotopic (exact) mass is 443 g/mol. The Morgan fingerprint density at radius 1 is 1.10 bits per heavy atom. The third-order valence-electron chi connectivity index (χ3n) is 4.09. The van der Waals surface area contributed by atoms with Crippen LogP contribution in [0.1, 0.15) is 24.5 Å². The Bertz CT molecular complexity index is 1000. The summed E-state index contributed by atoms with van der Waals surface area (Å²) in [6, 6.07) is 15.5. The Labute approximate surface area is 184 Å². The average molecular weight is 444 g/mol. The molecular weight excluding hydrogens is 420 g/mol. The zero-order valence-electron chi connectivity index (χ0n) is 17.0. The standard InChI is InChI=1S/C22H23F2N5OS/c1-2-12-31-22(27-13-16-6-4-3-5-7-16)29(25)20-19(24)14-26-21(28-20)30-15-17-8-10-18(23)11-9-17/h3-11,14H,2,12-13,15,25H2,1H3. The summed E-state index contributed by atoms with van der Waals surface area (Å²) in [5, 5.41) is 1.55. The summed E-state index contributed by atoms with van der Waals surface area (Å²) in [7, 11) is 0. The topological polar surface area (TPSA) is 76.6 Å². The van der Waals surface area contributed by atoms with Gasteiger partial charge in [-0.3, -0.25) is 4.99 Å². The first-order valence-electron chi connectivity index (χ1n) is 9.72. The zero-order valence-corrected chi connectivity index (χ0v) is 17.9. The summed E-state index contributed by atoms with van der Waals surface area (Å²) in [5.41, 5.74) is 1.74. The number of rotatable bonds is 8. The molecule has 1 heterocycles. The highest BCUT2D eigenvalue weighted by Gasteiger charge is 2.18. The van der Waals surface area contributed by atoms with Gasteiger partial charge < -0.3 is 4.74 Å². The molecule has 3 aromatic rings. The predicted octanol–water partition coefficient (Wildman–Crippen LogP) is 4.71. The van der Waals surface area contributed by atoms with Gasteiger partial charge in [-0.05, 0) is 29.7 Å². The Morgan fingerprint density at radius 2 is 1.84 bits per heavy atom. The first kappa shape index (κ1) is 22.6. The molecule has 0 fully saturated rings. The lowest BCUT2D eigenvalue weighted by Crippen LogP contribution is -2.37. The summed E-state index contributed by atoms with van der Waals surface area (Å²) >= 11 is 1.42. The number of ether oxygens (including phenoxy) is 1. The van der Waals surface area contributed by atoms with E-state index in [4.69, 9.17) is 10.6 Å². The molecule has 0 aliphatic carbocycles. The molecule has 31 heavy (non-hydrogen) atoms. The van der Waals surface area contributed by atoms with Gasteiger partial charge in [0, 0.05) is 5.75 Å². The molecule has 0 saturated carbocycles. The number of anilines is 1. The van der Waals surface area contributed by atoms with Crippen LogP contribution in [0.15, 0.2) is 65.8 Å². The molecule has 0 saturated heterocycles. The first-order chi connectivity index (χ1) is 15.1. The van der Waals surface area contributed by atoms with Gasteiger partial charge in [0.1, 0.15) is 12.4 Å². The van der Waals surface area contributed by atoms with Crippen molar-refractivity contribution in [2.45, 2.75) is 26.5 Å². The van der Waals surface area contributed by atoms with Crippen molar-refractivity contribution in [3.63, 3.8) is 0 Å². The minimum atomic E-state index is -0.693. The lowest BCUT2D eigenvalue weighted by atomic mass is 10.2.